The van der Waals surface area contributed by atoms with E-state index in [0.717, 1.165) is 12.0 Å². The van der Waals surface area contributed by atoms with Crippen LogP contribution in [0.1, 0.15) is 18.1 Å². The molecule has 0 saturated heterocycles. The van der Waals surface area contributed by atoms with E-state index in [-0.39, 0.29) is 0 Å². The van der Waals surface area contributed by atoms with Gasteiger partial charge in [0.15, 0.2) is 0 Å². The van der Waals surface area contributed by atoms with E-state index in [1.165, 1.54) is 5.56 Å². The maximum Gasteiger partial charge on any atom is 0.0486 e. The summed E-state index contributed by atoms with van der Waals surface area (Å²) in [6.45, 7) is 2.63. The number of rotatable bonds is 5. The molecule has 14 heavy (non-hydrogen) atoms. The highest BCUT2D eigenvalue weighted by molar-refractivity contribution is 7.84. The van der Waals surface area contributed by atoms with Gasteiger partial charge >= 0.3 is 0 Å². The summed E-state index contributed by atoms with van der Waals surface area (Å²) in [7, 11) is -0.805. The van der Waals surface area contributed by atoms with E-state index in [0.29, 0.717) is 18.1 Å². The standard InChI is InChI=1S/C11H17NOS/c1-2-10-3-5-11(6-4-10)9-14(13)8-7-12/h3-6H,2,7-9,12H2,1H3. The summed E-state index contributed by atoms with van der Waals surface area (Å²) in [5, 5.41) is 0. The normalized spacial score (nSPS) is 12.7. The topological polar surface area (TPSA) is 43.1 Å². The van der Waals surface area contributed by atoms with Gasteiger partial charge in [-0.05, 0) is 17.5 Å². The van der Waals surface area contributed by atoms with E-state index >= 15 is 0 Å². The van der Waals surface area contributed by atoms with Crippen molar-refractivity contribution >= 4 is 10.8 Å². The molecule has 1 rings (SSSR count). The van der Waals surface area contributed by atoms with Crippen molar-refractivity contribution in [2.24, 2.45) is 5.73 Å². The van der Waals surface area contributed by atoms with E-state index in [2.05, 4.69) is 19.1 Å². The highest BCUT2D eigenvalue weighted by Gasteiger charge is 2.00. The van der Waals surface area contributed by atoms with E-state index in [9.17, 15) is 4.21 Å². The molecule has 0 fully saturated rings. The quantitative estimate of drug-likeness (QED) is 0.801. The van der Waals surface area contributed by atoms with E-state index in [1.807, 2.05) is 12.1 Å². The van der Waals surface area contributed by atoms with Crippen LogP contribution in [0.3, 0.4) is 0 Å². The van der Waals surface area contributed by atoms with Crippen molar-refractivity contribution in [1.82, 2.24) is 0 Å². The van der Waals surface area contributed by atoms with Crippen molar-refractivity contribution in [3.05, 3.63) is 35.4 Å². The Labute approximate surface area is 88.0 Å². The van der Waals surface area contributed by atoms with E-state index in [4.69, 9.17) is 5.73 Å². The molecule has 1 aromatic carbocycles. The number of nitrogens with two attached hydrogens (primary N) is 1. The molecule has 3 heteroatoms. The summed E-state index contributed by atoms with van der Waals surface area (Å²) in [5.41, 5.74) is 7.79. The number of hydrogen-bond acceptors (Lipinski definition) is 2. The second-order valence-corrected chi connectivity index (χ2v) is 4.82. The molecule has 0 heterocycles. The van der Waals surface area contributed by atoms with E-state index in [1.54, 1.807) is 0 Å². The molecule has 1 unspecified atom stereocenters. The smallest absolute Gasteiger partial charge is 0.0486 e. The minimum atomic E-state index is -0.805. The van der Waals surface area contributed by atoms with Crippen molar-refractivity contribution < 1.29 is 4.21 Å². The molecular weight excluding hydrogens is 194 g/mol. The maximum absolute atomic E-state index is 11.4. The highest BCUT2D eigenvalue weighted by Crippen LogP contribution is 2.07. The summed E-state index contributed by atoms with van der Waals surface area (Å²) in [4.78, 5) is 0. The largest absolute Gasteiger partial charge is 0.330 e. The van der Waals surface area contributed by atoms with Gasteiger partial charge in [0, 0.05) is 28.9 Å². The first-order valence-corrected chi connectivity index (χ1v) is 6.38. The van der Waals surface area contributed by atoms with Gasteiger partial charge in [0.05, 0.1) is 0 Å². The first kappa shape index (κ1) is 11.4. The van der Waals surface area contributed by atoms with Gasteiger partial charge < -0.3 is 5.73 Å². The molecule has 0 aliphatic rings. The number of benzene rings is 1. The molecular formula is C11H17NOS. The van der Waals surface area contributed by atoms with Gasteiger partial charge in [0.25, 0.3) is 0 Å². The highest BCUT2D eigenvalue weighted by atomic mass is 32.2. The van der Waals surface area contributed by atoms with Crippen LogP contribution in [0.15, 0.2) is 24.3 Å². The summed E-state index contributed by atoms with van der Waals surface area (Å²) in [6.07, 6.45) is 1.05. The predicted molar refractivity (Wildman–Crippen MR) is 61.6 cm³/mol. The lowest BCUT2D eigenvalue weighted by Gasteiger charge is -2.02. The Morgan fingerprint density at radius 1 is 1.21 bits per heavy atom. The first-order valence-electron chi connectivity index (χ1n) is 4.89. The van der Waals surface area contributed by atoms with Crippen LogP contribution in [0, 0.1) is 0 Å². The van der Waals surface area contributed by atoms with E-state index < -0.39 is 10.8 Å². The average Bonchev–Trinajstić information content (AvgIpc) is 2.19. The van der Waals surface area contributed by atoms with Crippen LogP contribution in [0.4, 0.5) is 0 Å². The minimum Gasteiger partial charge on any atom is -0.330 e. The maximum atomic E-state index is 11.4. The molecule has 1 aromatic rings. The van der Waals surface area contributed by atoms with Crippen LogP contribution in [0.2, 0.25) is 0 Å². The van der Waals surface area contributed by atoms with Crippen LogP contribution < -0.4 is 5.73 Å². The fourth-order valence-corrected chi connectivity index (χ4v) is 2.23. The van der Waals surface area contributed by atoms with Crippen molar-refractivity contribution in [2.75, 3.05) is 12.3 Å². The summed E-state index contributed by atoms with van der Waals surface area (Å²) in [5.74, 6) is 1.22. The zero-order chi connectivity index (χ0) is 10.4. The molecule has 0 radical (unpaired) electrons. The molecule has 78 valence electrons. The Kier molecular flexibility index (Phi) is 4.84. The molecule has 0 spiro atoms. The molecule has 0 aliphatic carbocycles. The minimum absolute atomic E-state index is 0.500. The lowest BCUT2D eigenvalue weighted by Crippen LogP contribution is -2.11. The average molecular weight is 211 g/mol. The third kappa shape index (κ3) is 3.60. The summed E-state index contributed by atoms with van der Waals surface area (Å²) < 4.78 is 11.4. The van der Waals surface area contributed by atoms with Crippen LogP contribution in [0.5, 0.6) is 0 Å². The lowest BCUT2D eigenvalue weighted by atomic mass is 10.1. The first-order chi connectivity index (χ1) is 6.76. The molecule has 0 amide bonds. The van der Waals surface area contributed by atoms with Gasteiger partial charge in [-0.2, -0.15) is 0 Å². The monoisotopic (exact) mass is 211 g/mol. The Hall–Kier alpha value is -0.670. The van der Waals surface area contributed by atoms with Gasteiger partial charge in [-0.1, -0.05) is 31.2 Å². The molecule has 0 bridgehead atoms. The van der Waals surface area contributed by atoms with Crippen molar-refractivity contribution in [2.45, 2.75) is 19.1 Å². The molecule has 2 N–H and O–H groups in total. The van der Waals surface area contributed by atoms with Crippen LogP contribution in [-0.2, 0) is 23.0 Å². The van der Waals surface area contributed by atoms with Crippen molar-refractivity contribution in [3.8, 4) is 0 Å². The SMILES string of the molecule is CCc1ccc(CS(=O)CCN)cc1. The van der Waals surface area contributed by atoms with Crippen molar-refractivity contribution in [3.63, 3.8) is 0 Å². The molecule has 1 atom stereocenters. The Bertz CT molecular complexity index is 295. The predicted octanol–water partition coefficient (Wildman–Crippen LogP) is 1.46. The van der Waals surface area contributed by atoms with Crippen LogP contribution >= 0.6 is 0 Å². The van der Waals surface area contributed by atoms with Gasteiger partial charge in [-0.25, -0.2) is 0 Å². The molecule has 0 aromatic heterocycles. The second-order valence-electron chi connectivity index (χ2n) is 3.25. The third-order valence-electron chi connectivity index (χ3n) is 2.10. The van der Waals surface area contributed by atoms with Crippen molar-refractivity contribution in [1.29, 1.82) is 0 Å². The summed E-state index contributed by atoms with van der Waals surface area (Å²) >= 11 is 0. The molecule has 2 nitrogen and oxygen atoms in total. The fourth-order valence-electron chi connectivity index (χ4n) is 1.26. The second kappa shape index (κ2) is 5.94. The van der Waals surface area contributed by atoms with Crippen LogP contribution in [0.25, 0.3) is 0 Å². The zero-order valence-electron chi connectivity index (χ0n) is 8.53. The van der Waals surface area contributed by atoms with Gasteiger partial charge in [-0.3, -0.25) is 4.21 Å². The number of aryl methyl sites for hydroxylation is 1. The number of hydrogen-bond donors (Lipinski definition) is 1. The molecule has 0 aliphatic heterocycles. The van der Waals surface area contributed by atoms with Gasteiger partial charge in [0.2, 0.25) is 0 Å². The Morgan fingerprint density at radius 3 is 2.29 bits per heavy atom. The Balaban J connectivity index is 2.55. The fraction of sp³-hybridized carbons (Fsp3) is 0.455. The third-order valence-corrected chi connectivity index (χ3v) is 3.45. The van der Waals surface area contributed by atoms with Crippen LogP contribution in [-0.4, -0.2) is 16.5 Å². The van der Waals surface area contributed by atoms with Gasteiger partial charge in [0.1, 0.15) is 0 Å². The Morgan fingerprint density at radius 2 is 1.79 bits per heavy atom. The zero-order valence-corrected chi connectivity index (χ0v) is 9.35. The summed E-state index contributed by atoms with van der Waals surface area (Å²) in [6, 6.07) is 8.28. The molecule has 0 saturated carbocycles. The lowest BCUT2D eigenvalue weighted by molar-refractivity contribution is 0.682. The van der Waals surface area contributed by atoms with Gasteiger partial charge in [-0.15, -0.1) is 0 Å².